The van der Waals surface area contributed by atoms with Crippen LogP contribution in [-0.2, 0) is 14.1 Å². The van der Waals surface area contributed by atoms with Crippen LogP contribution in [0.3, 0.4) is 0 Å². The smallest absolute Gasteiger partial charge is 0.258 e. The van der Waals surface area contributed by atoms with Gasteiger partial charge in [0.05, 0.1) is 23.9 Å². The number of nitrogens with zero attached hydrogens (tertiary/aromatic N) is 5. The number of amides is 1. The summed E-state index contributed by atoms with van der Waals surface area (Å²) < 4.78 is 9.11. The van der Waals surface area contributed by atoms with Crippen molar-refractivity contribution in [3.05, 3.63) is 41.7 Å². The highest BCUT2D eigenvalue weighted by Crippen LogP contribution is 2.35. The number of benzene rings is 2. The number of anilines is 2. The van der Waals surface area contributed by atoms with E-state index in [1.807, 2.05) is 45.5 Å². The molecule has 2 N–H and O–H groups in total. The summed E-state index contributed by atoms with van der Waals surface area (Å²) in [6, 6.07) is 7.24. The molecule has 2 fully saturated rings. The first-order valence-corrected chi connectivity index (χ1v) is 12.7. The molecule has 1 aliphatic heterocycles. The summed E-state index contributed by atoms with van der Waals surface area (Å²) in [6.45, 7) is 4.00. The standard InChI is InChI=1S/C27H33N7O2/c1-16-11-23(34-9-7-19(8-10-34)28-18-5-6-18)20-15-33(3)31-26(20)25(16)27(35)29-22-12-17-14-32(2)30-21(17)13-24(22)36-4/h11-15,18-19,28H,5-10H2,1-4H3,(H,29,35). The summed E-state index contributed by atoms with van der Waals surface area (Å²) in [7, 11) is 5.38. The van der Waals surface area contributed by atoms with Gasteiger partial charge in [-0.2, -0.15) is 10.2 Å². The number of methoxy groups -OCH3 is 1. The second-order valence-electron chi connectivity index (χ2n) is 10.2. The summed E-state index contributed by atoms with van der Waals surface area (Å²) >= 11 is 0. The van der Waals surface area contributed by atoms with Crippen molar-refractivity contribution < 1.29 is 9.53 Å². The Morgan fingerprint density at radius 2 is 1.72 bits per heavy atom. The number of carbonyl (C=O) groups excluding carboxylic acids is 1. The fourth-order valence-corrected chi connectivity index (χ4v) is 5.45. The van der Waals surface area contributed by atoms with Crippen LogP contribution in [0, 0.1) is 6.92 Å². The first-order valence-electron chi connectivity index (χ1n) is 12.7. The van der Waals surface area contributed by atoms with Crippen molar-refractivity contribution in [1.29, 1.82) is 0 Å². The van der Waals surface area contributed by atoms with Crippen LogP contribution in [0.4, 0.5) is 11.4 Å². The second-order valence-corrected chi connectivity index (χ2v) is 10.2. The minimum absolute atomic E-state index is 0.198. The normalized spacial score (nSPS) is 16.7. The molecule has 1 saturated heterocycles. The Hall–Kier alpha value is -3.59. The molecule has 9 nitrogen and oxygen atoms in total. The zero-order chi connectivity index (χ0) is 25.0. The van der Waals surface area contributed by atoms with Gasteiger partial charge in [0.25, 0.3) is 5.91 Å². The first kappa shape index (κ1) is 22.8. The topological polar surface area (TPSA) is 89.2 Å². The first-order chi connectivity index (χ1) is 17.4. The number of ether oxygens (including phenoxy) is 1. The fraction of sp³-hybridized carbons (Fsp3) is 0.444. The van der Waals surface area contributed by atoms with Gasteiger partial charge in [0, 0.05) is 74.2 Å². The summed E-state index contributed by atoms with van der Waals surface area (Å²) in [6.07, 6.45) is 8.86. The Balaban J connectivity index is 1.31. The zero-order valence-electron chi connectivity index (χ0n) is 21.3. The van der Waals surface area contributed by atoms with Crippen molar-refractivity contribution in [3.8, 4) is 5.75 Å². The molecule has 36 heavy (non-hydrogen) atoms. The van der Waals surface area contributed by atoms with E-state index in [-0.39, 0.29) is 5.91 Å². The third-order valence-electron chi connectivity index (χ3n) is 7.39. The molecule has 188 valence electrons. The van der Waals surface area contributed by atoms with E-state index in [9.17, 15) is 4.79 Å². The van der Waals surface area contributed by atoms with Crippen molar-refractivity contribution in [1.82, 2.24) is 24.9 Å². The highest BCUT2D eigenvalue weighted by atomic mass is 16.5. The molecule has 0 radical (unpaired) electrons. The maximum Gasteiger partial charge on any atom is 0.258 e. The van der Waals surface area contributed by atoms with Crippen LogP contribution in [-0.4, -0.2) is 57.8 Å². The van der Waals surface area contributed by atoms with E-state index >= 15 is 0 Å². The molecule has 0 unspecified atom stereocenters. The van der Waals surface area contributed by atoms with Crippen molar-refractivity contribution in [2.75, 3.05) is 30.4 Å². The molecule has 0 spiro atoms. The minimum Gasteiger partial charge on any atom is -0.494 e. The van der Waals surface area contributed by atoms with E-state index in [0.717, 1.165) is 65.0 Å². The number of hydrogen-bond donors (Lipinski definition) is 2. The van der Waals surface area contributed by atoms with Gasteiger partial charge in [-0.3, -0.25) is 14.2 Å². The average molecular weight is 488 g/mol. The van der Waals surface area contributed by atoms with E-state index < -0.39 is 0 Å². The summed E-state index contributed by atoms with van der Waals surface area (Å²) in [4.78, 5) is 16.1. The molecule has 1 saturated carbocycles. The summed E-state index contributed by atoms with van der Waals surface area (Å²) in [5.41, 5.74) is 4.81. The van der Waals surface area contributed by atoms with Crippen molar-refractivity contribution >= 4 is 39.1 Å². The number of nitrogens with one attached hydrogen (secondary N) is 2. The van der Waals surface area contributed by atoms with E-state index in [0.29, 0.717) is 23.0 Å². The highest BCUT2D eigenvalue weighted by molar-refractivity contribution is 6.15. The SMILES string of the molecule is COc1cc2nn(C)cc2cc1NC(=O)c1c(C)cc(N2CCC(NC3CC3)CC2)c2cn(C)nc12. The molecule has 2 aliphatic rings. The number of rotatable bonds is 6. The molecule has 0 bridgehead atoms. The Labute approximate surface area is 210 Å². The highest BCUT2D eigenvalue weighted by Gasteiger charge is 2.29. The van der Waals surface area contributed by atoms with Gasteiger partial charge in [-0.25, -0.2) is 0 Å². The van der Waals surface area contributed by atoms with Gasteiger partial charge in [-0.1, -0.05) is 0 Å². The number of carbonyl (C=O) groups is 1. The molecular formula is C27H33N7O2. The predicted molar refractivity (Wildman–Crippen MR) is 142 cm³/mol. The van der Waals surface area contributed by atoms with Gasteiger partial charge in [0.15, 0.2) is 0 Å². The van der Waals surface area contributed by atoms with Gasteiger partial charge in [0.2, 0.25) is 0 Å². The molecule has 1 aliphatic carbocycles. The predicted octanol–water partition coefficient (Wildman–Crippen LogP) is 3.75. The molecule has 2 aromatic heterocycles. The van der Waals surface area contributed by atoms with Crippen LogP contribution < -0.4 is 20.3 Å². The summed E-state index contributed by atoms with van der Waals surface area (Å²) in [5, 5.41) is 18.0. The zero-order valence-corrected chi connectivity index (χ0v) is 21.3. The summed E-state index contributed by atoms with van der Waals surface area (Å²) in [5.74, 6) is 0.375. The average Bonchev–Trinajstić information content (AvgIpc) is 3.46. The lowest BCUT2D eigenvalue weighted by Gasteiger charge is -2.34. The minimum atomic E-state index is -0.198. The molecular weight excluding hydrogens is 454 g/mol. The van der Waals surface area contributed by atoms with E-state index in [4.69, 9.17) is 9.84 Å². The molecule has 4 aromatic rings. The van der Waals surface area contributed by atoms with Crippen molar-refractivity contribution in [2.45, 2.75) is 44.7 Å². The van der Waals surface area contributed by atoms with Gasteiger partial charge in [-0.15, -0.1) is 0 Å². The van der Waals surface area contributed by atoms with Crippen LogP contribution in [0.5, 0.6) is 5.75 Å². The van der Waals surface area contributed by atoms with Gasteiger partial charge in [-0.05, 0) is 50.3 Å². The Kier molecular flexibility index (Phi) is 5.59. The van der Waals surface area contributed by atoms with Crippen LogP contribution in [0.2, 0.25) is 0 Å². The fourth-order valence-electron chi connectivity index (χ4n) is 5.45. The van der Waals surface area contributed by atoms with E-state index in [1.54, 1.807) is 16.5 Å². The maximum atomic E-state index is 13.6. The largest absolute Gasteiger partial charge is 0.494 e. The number of hydrogen-bond acceptors (Lipinski definition) is 6. The lowest BCUT2D eigenvalue weighted by molar-refractivity contribution is 0.102. The van der Waals surface area contributed by atoms with Crippen LogP contribution in [0.15, 0.2) is 30.6 Å². The monoisotopic (exact) mass is 487 g/mol. The van der Waals surface area contributed by atoms with Crippen molar-refractivity contribution in [2.24, 2.45) is 14.1 Å². The molecule has 1 amide bonds. The molecule has 2 aromatic carbocycles. The van der Waals surface area contributed by atoms with E-state index in [1.165, 1.54) is 12.8 Å². The lowest BCUT2D eigenvalue weighted by Crippen LogP contribution is -2.43. The van der Waals surface area contributed by atoms with Crippen LogP contribution >= 0.6 is 0 Å². The molecule has 0 atom stereocenters. The second kappa shape index (κ2) is 8.81. The maximum absolute atomic E-state index is 13.6. The van der Waals surface area contributed by atoms with E-state index in [2.05, 4.69) is 26.7 Å². The molecule has 3 heterocycles. The third-order valence-corrected chi connectivity index (χ3v) is 7.39. The molecule has 9 heteroatoms. The third kappa shape index (κ3) is 4.17. The quantitative estimate of drug-likeness (QED) is 0.431. The Bertz CT molecular complexity index is 1460. The van der Waals surface area contributed by atoms with Gasteiger partial charge in [0.1, 0.15) is 11.3 Å². The van der Waals surface area contributed by atoms with Gasteiger partial charge < -0.3 is 20.3 Å². The Morgan fingerprint density at radius 1 is 1.00 bits per heavy atom. The number of fused-ring (bicyclic) bond motifs is 2. The van der Waals surface area contributed by atoms with Gasteiger partial charge >= 0.3 is 0 Å². The van der Waals surface area contributed by atoms with Crippen LogP contribution in [0.1, 0.15) is 41.6 Å². The van der Waals surface area contributed by atoms with Crippen molar-refractivity contribution in [3.63, 3.8) is 0 Å². The number of piperidine rings is 1. The number of aromatic nitrogens is 4. The number of aryl methyl sites for hydroxylation is 3. The molecule has 6 rings (SSSR count). The lowest BCUT2D eigenvalue weighted by atomic mass is 9.99. The van der Waals surface area contributed by atoms with Crippen LogP contribution in [0.25, 0.3) is 21.8 Å². The Morgan fingerprint density at radius 3 is 2.44 bits per heavy atom.